The third kappa shape index (κ3) is 4.23. The van der Waals surface area contributed by atoms with Crippen LogP contribution in [0.5, 0.6) is 0 Å². The van der Waals surface area contributed by atoms with Gasteiger partial charge in [-0.3, -0.25) is 0 Å². The van der Waals surface area contributed by atoms with E-state index >= 15 is 0 Å². The van der Waals surface area contributed by atoms with Crippen LogP contribution in [0.15, 0.2) is 180 Å². The van der Waals surface area contributed by atoms with E-state index in [0.717, 1.165) is 93.0 Å². The van der Waals surface area contributed by atoms with Gasteiger partial charge in [0.1, 0.15) is 17.7 Å². The number of benzene rings is 9. The Morgan fingerprint density at radius 1 is 0.383 bits per heavy atom. The summed E-state index contributed by atoms with van der Waals surface area (Å²) in [6.07, 6.45) is 0. The first-order valence-corrected chi connectivity index (χ1v) is 20.0. The second-order valence-electron chi connectivity index (χ2n) is 15.5. The summed E-state index contributed by atoms with van der Waals surface area (Å²) < 4.78 is 13.3. The van der Waals surface area contributed by atoms with Crippen LogP contribution in [0.25, 0.3) is 115 Å². The molecule has 0 aliphatic rings. The molecular weight excluding hydrogens is 735 g/mol. The summed E-state index contributed by atoms with van der Waals surface area (Å²) in [5, 5.41) is 33.0. The summed E-state index contributed by atoms with van der Waals surface area (Å²) in [5.41, 5.74) is 10.6. The molecule has 0 unspecified atom stereocenters. The lowest BCUT2D eigenvalue weighted by Crippen LogP contribution is -2.04. The van der Waals surface area contributed by atoms with E-state index in [4.69, 9.17) is 4.42 Å². The van der Waals surface area contributed by atoms with Crippen molar-refractivity contribution >= 4 is 98.1 Å². The van der Waals surface area contributed by atoms with Gasteiger partial charge < -0.3 is 18.1 Å². The molecule has 276 valence electrons. The van der Waals surface area contributed by atoms with Crippen molar-refractivity contribution in [3.05, 3.63) is 187 Å². The third-order valence-electron chi connectivity index (χ3n) is 12.5. The second-order valence-corrected chi connectivity index (χ2v) is 15.5. The van der Waals surface area contributed by atoms with Crippen LogP contribution in [0.1, 0.15) is 11.1 Å². The number of hydrogen-bond donors (Lipinski definition) is 0. The van der Waals surface area contributed by atoms with Gasteiger partial charge in [0.2, 0.25) is 0 Å². The molecule has 0 aliphatic carbocycles. The van der Waals surface area contributed by atoms with Crippen molar-refractivity contribution < 1.29 is 4.42 Å². The molecule has 0 saturated carbocycles. The normalized spacial score (nSPS) is 12.0. The first-order chi connectivity index (χ1) is 29.7. The molecule has 9 aromatic carbocycles. The molecule has 0 radical (unpaired) electrons. The molecule has 0 atom stereocenters. The average molecular weight is 764 g/mol. The number of rotatable bonds is 3. The van der Waals surface area contributed by atoms with Crippen molar-refractivity contribution in [3.8, 4) is 29.2 Å². The lowest BCUT2D eigenvalue weighted by atomic mass is 10.0. The highest BCUT2D eigenvalue weighted by molar-refractivity contribution is 6.23. The molecule has 13 rings (SSSR count). The van der Waals surface area contributed by atoms with Gasteiger partial charge in [0.25, 0.3) is 0 Å². The van der Waals surface area contributed by atoms with E-state index in [2.05, 4.69) is 165 Å². The number of hydrogen-bond acceptors (Lipinski definition) is 3. The Balaban J connectivity index is 1.13. The topological polar surface area (TPSA) is 75.5 Å². The summed E-state index contributed by atoms with van der Waals surface area (Å²) >= 11 is 0. The Morgan fingerprint density at radius 3 is 1.65 bits per heavy atom. The number of fused-ring (bicyclic) bond motifs is 15. The summed E-state index contributed by atoms with van der Waals surface area (Å²) in [6.45, 7) is 0. The van der Waals surface area contributed by atoms with E-state index in [1.165, 1.54) is 10.8 Å². The highest BCUT2D eigenvalue weighted by Crippen LogP contribution is 2.44. The van der Waals surface area contributed by atoms with Crippen LogP contribution in [0, 0.1) is 22.7 Å². The Hall–Kier alpha value is -8.58. The number of furan rings is 1. The van der Waals surface area contributed by atoms with Gasteiger partial charge in [0, 0.05) is 48.8 Å². The smallest absolute Gasteiger partial charge is 0.160 e. The molecule has 0 amide bonds. The fraction of sp³-hybridized carbons (Fsp3) is 0. The fourth-order valence-electron chi connectivity index (χ4n) is 9.98. The lowest BCUT2D eigenvalue weighted by Gasteiger charge is -2.16. The summed E-state index contributed by atoms with van der Waals surface area (Å²) in [5.74, 6) is 0. The van der Waals surface area contributed by atoms with E-state index in [0.29, 0.717) is 22.5 Å². The van der Waals surface area contributed by atoms with Crippen LogP contribution in [-0.2, 0) is 0 Å². The summed E-state index contributed by atoms with van der Waals surface area (Å²) in [7, 11) is 0. The first kappa shape index (κ1) is 32.5. The maximum atomic E-state index is 11.1. The van der Waals surface area contributed by atoms with Crippen molar-refractivity contribution in [2.75, 3.05) is 0 Å². The monoisotopic (exact) mass is 763 g/mol. The summed E-state index contributed by atoms with van der Waals surface area (Å²) in [6, 6.07) is 65.8. The lowest BCUT2D eigenvalue weighted by molar-refractivity contribution is 0.671. The van der Waals surface area contributed by atoms with Crippen LogP contribution < -0.4 is 0 Å². The van der Waals surface area contributed by atoms with Gasteiger partial charge in [-0.2, -0.15) is 10.5 Å². The first-order valence-electron chi connectivity index (χ1n) is 20.0. The van der Waals surface area contributed by atoms with Crippen molar-refractivity contribution in [2.24, 2.45) is 0 Å². The maximum absolute atomic E-state index is 11.1. The van der Waals surface area contributed by atoms with Gasteiger partial charge in [-0.05, 0) is 77.5 Å². The van der Waals surface area contributed by atoms with Crippen LogP contribution in [-0.4, -0.2) is 13.7 Å². The zero-order valence-electron chi connectivity index (χ0n) is 31.9. The van der Waals surface area contributed by atoms with Gasteiger partial charge in [-0.1, -0.05) is 109 Å². The number of nitriles is 2. The molecule has 0 N–H and O–H groups in total. The molecule has 6 nitrogen and oxygen atoms in total. The zero-order valence-corrected chi connectivity index (χ0v) is 31.9. The highest BCUT2D eigenvalue weighted by Gasteiger charge is 2.25. The maximum Gasteiger partial charge on any atom is 0.160 e. The molecule has 0 saturated heterocycles. The predicted octanol–water partition coefficient (Wildman–Crippen LogP) is 13.8. The largest absolute Gasteiger partial charge is 0.454 e. The molecule has 4 aromatic heterocycles. The number of para-hydroxylation sites is 4. The highest BCUT2D eigenvalue weighted by atomic mass is 16.3. The molecular formula is C54H29N5O. The molecule has 0 aliphatic heterocycles. The average Bonchev–Trinajstić information content (AvgIpc) is 4.05. The minimum Gasteiger partial charge on any atom is -0.454 e. The van der Waals surface area contributed by atoms with Gasteiger partial charge in [-0.25, -0.2) is 0 Å². The van der Waals surface area contributed by atoms with E-state index in [1.807, 2.05) is 36.4 Å². The molecule has 60 heavy (non-hydrogen) atoms. The van der Waals surface area contributed by atoms with E-state index in [-0.39, 0.29) is 0 Å². The SMILES string of the molecule is N#Cc1cc(-n2c3ccc(-n4c5ccccc5c5ccccc54)cc3c3ccc4c5ccccc5oc4c32)c(C#N)cc1-n1c2ccccc2c2c3ccccc3ccc21. The van der Waals surface area contributed by atoms with E-state index in [1.54, 1.807) is 0 Å². The number of aromatic nitrogens is 3. The van der Waals surface area contributed by atoms with Gasteiger partial charge in [0.15, 0.2) is 5.58 Å². The standard InChI is InChI=1S/C54H29N5O/c55-30-33-28-50(34(31-56)27-49(33)58-46-19-9-5-16-42(46)52-36-12-2-1-11-32(36)21-25-48(52)58)59-47-26-22-35(57-44-17-7-3-13-37(44)38-14-4-8-18-45(38)57)29-43(47)40-23-24-41-39-15-6-10-20-51(39)60-54(41)53(40)59/h1-29H. The Morgan fingerprint density at radius 2 is 0.933 bits per heavy atom. The van der Waals surface area contributed by atoms with Crippen molar-refractivity contribution in [1.29, 1.82) is 10.5 Å². The number of nitrogens with zero attached hydrogens (tertiary/aromatic N) is 5. The molecule has 13 aromatic rings. The van der Waals surface area contributed by atoms with Crippen molar-refractivity contribution in [2.45, 2.75) is 0 Å². The predicted molar refractivity (Wildman–Crippen MR) is 244 cm³/mol. The minimum atomic E-state index is 0.439. The van der Waals surface area contributed by atoms with Crippen LogP contribution >= 0.6 is 0 Å². The molecule has 0 bridgehead atoms. The van der Waals surface area contributed by atoms with E-state index in [9.17, 15) is 10.5 Å². The molecule has 0 spiro atoms. The van der Waals surface area contributed by atoms with Crippen LogP contribution in [0.2, 0.25) is 0 Å². The third-order valence-corrected chi connectivity index (χ3v) is 12.5. The van der Waals surface area contributed by atoms with Crippen molar-refractivity contribution in [3.63, 3.8) is 0 Å². The molecule has 0 fully saturated rings. The zero-order chi connectivity index (χ0) is 39.6. The molecule has 6 heteroatoms. The van der Waals surface area contributed by atoms with Crippen LogP contribution in [0.3, 0.4) is 0 Å². The Labute approximate surface area is 341 Å². The molecule has 4 heterocycles. The second kappa shape index (κ2) is 12.0. The Kier molecular flexibility index (Phi) is 6.48. The summed E-state index contributed by atoms with van der Waals surface area (Å²) in [4.78, 5) is 0. The minimum absolute atomic E-state index is 0.439. The van der Waals surface area contributed by atoms with E-state index < -0.39 is 0 Å². The quantitative estimate of drug-likeness (QED) is 0.180. The fourth-order valence-corrected chi connectivity index (χ4v) is 9.98. The van der Waals surface area contributed by atoms with Gasteiger partial charge in [-0.15, -0.1) is 0 Å². The Bertz CT molecular complexity index is 4050. The van der Waals surface area contributed by atoms with Crippen molar-refractivity contribution in [1.82, 2.24) is 13.7 Å². The van der Waals surface area contributed by atoms with Gasteiger partial charge >= 0.3 is 0 Å². The van der Waals surface area contributed by atoms with Crippen LogP contribution in [0.4, 0.5) is 0 Å². The van der Waals surface area contributed by atoms with Gasteiger partial charge in [0.05, 0.1) is 55.6 Å².